The van der Waals surface area contributed by atoms with Gasteiger partial charge in [0, 0.05) is 23.1 Å². The van der Waals surface area contributed by atoms with E-state index in [1.165, 1.54) is 5.70 Å². The third-order valence-electron chi connectivity index (χ3n) is 3.85. The molecule has 2 aromatic carbocycles. The van der Waals surface area contributed by atoms with Crippen LogP contribution < -0.4 is 0 Å². The first kappa shape index (κ1) is 13.3. The standard InChI is InChI=1S/C18H14N2OS/c21-17(14-4-2-1-3-5-14)15-8-6-13(7-9-15)16-12-22-18-19-10-11-20(16)18/h1-9,12H,10-11H2. The van der Waals surface area contributed by atoms with E-state index in [9.17, 15) is 4.79 Å². The number of hydrogen-bond acceptors (Lipinski definition) is 4. The van der Waals surface area contributed by atoms with E-state index in [0.717, 1.165) is 34.9 Å². The summed E-state index contributed by atoms with van der Waals surface area (Å²) in [5, 5.41) is 3.21. The number of thioether (sulfide) groups is 1. The second-order valence-corrected chi connectivity index (χ2v) is 6.05. The van der Waals surface area contributed by atoms with E-state index in [2.05, 4.69) is 15.3 Å². The lowest BCUT2D eigenvalue weighted by molar-refractivity contribution is 0.103. The van der Waals surface area contributed by atoms with Gasteiger partial charge in [0.15, 0.2) is 11.0 Å². The summed E-state index contributed by atoms with van der Waals surface area (Å²) >= 11 is 1.67. The van der Waals surface area contributed by atoms with Crippen molar-refractivity contribution in [2.75, 3.05) is 13.1 Å². The van der Waals surface area contributed by atoms with Crippen molar-refractivity contribution in [2.45, 2.75) is 0 Å². The number of carbonyl (C=O) groups is 1. The molecule has 2 heterocycles. The molecule has 0 unspecified atom stereocenters. The maximum Gasteiger partial charge on any atom is 0.193 e. The number of carbonyl (C=O) groups excluding carboxylic acids is 1. The average molecular weight is 306 g/mol. The molecule has 0 aliphatic carbocycles. The molecule has 3 nitrogen and oxygen atoms in total. The molecule has 4 rings (SSSR count). The minimum absolute atomic E-state index is 0.0605. The number of benzene rings is 2. The summed E-state index contributed by atoms with van der Waals surface area (Å²) in [5.74, 6) is 0.0605. The maximum atomic E-state index is 12.4. The Morgan fingerprint density at radius 2 is 1.73 bits per heavy atom. The molecular weight excluding hydrogens is 292 g/mol. The molecule has 108 valence electrons. The van der Waals surface area contributed by atoms with E-state index in [1.807, 2.05) is 54.6 Å². The largest absolute Gasteiger partial charge is 0.318 e. The van der Waals surface area contributed by atoms with Crippen molar-refractivity contribution < 1.29 is 4.79 Å². The van der Waals surface area contributed by atoms with Crippen LogP contribution in [-0.4, -0.2) is 28.9 Å². The van der Waals surface area contributed by atoms with Gasteiger partial charge in [-0.3, -0.25) is 9.79 Å². The van der Waals surface area contributed by atoms with Gasteiger partial charge in [0.1, 0.15) is 0 Å². The number of rotatable bonds is 3. The van der Waals surface area contributed by atoms with Crippen molar-refractivity contribution in [2.24, 2.45) is 4.99 Å². The highest BCUT2D eigenvalue weighted by molar-refractivity contribution is 8.16. The molecule has 0 spiro atoms. The third-order valence-corrected chi connectivity index (χ3v) is 4.75. The lowest BCUT2D eigenvalue weighted by Gasteiger charge is -2.16. The second kappa shape index (κ2) is 5.46. The fourth-order valence-electron chi connectivity index (χ4n) is 2.70. The molecule has 2 aliphatic heterocycles. The highest BCUT2D eigenvalue weighted by Crippen LogP contribution is 2.35. The minimum Gasteiger partial charge on any atom is -0.318 e. The number of fused-ring (bicyclic) bond motifs is 1. The molecule has 0 aromatic heterocycles. The van der Waals surface area contributed by atoms with Gasteiger partial charge in [-0.25, -0.2) is 0 Å². The SMILES string of the molecule is O=C(c1ccccc1)c1ccc(C2=CSC3=NCCN23)cc1. The summed E-state index contributed by atoms with van der Waals surface area (Å²) in [6, 6.07) is 17.2. The first-order valence-electron chi connectivity index (χ1n) is 7.22. The molecule has 0 saturated heterocycles. The van der Waals surface area contributed by atoms with Crippen LogP contribution in [0.3, 0.4) is 0 Å². The van der Waals surface area contributed by atoms with Crippen LogP contribution >= 0.6 is 11.8 Å². The number of ketones is 1. The zero-order valence-electron chi connectivity index (χ0n) is 11.9. The molecule has 0 saturated carbocycles. The zero-order valence-corrected chi connectivity index (χ0v) is 12.7. The van der Waals surface area contributed by atoms with Gasteiger partial charge in [-0.05, 0) is 5.56 Å². The van der Waals surface area contributed by atoms with Crippen LogP contribution in [0.1, 0.15) is 21.5 Å². The van der Waals surface area contributed by atoms with E-state index in [4.69, 9.17) is 0 Å². The lowest BCUT2D eigenvalue weighted by atomic mass is 10.0. The molecule has 4 heteroatoms. The average Bonchev–Trinajstić information content (AvgIpc) is 3.18. The molecule has 22 heavy (non-hydrogen) atoms. The van der Waals surface area contributed by atoms with Gasteiger partial charge in [0.2, 0.25) is 0 Å². The van der Waals surface area contributed by atoms with Crippen LogP contribution in [0.4, 0.5) is 0 Å². The number of amidine groups is 1. The molecule has 0 atom stereocenters. The van der Waals surface area contributed by atoms with Gasteiger partial charge in [-0.1, -0.05) is 66.4 Å². The first-order valence-corrected chi connectivity index (χ1v) is 8.10. The Morgan fingerprint density at radius 1 is 1.00 bits per heavy atom. The predicted molar refractivity (Wildman–Crippen MR) is 90.9 cm³/mol. The van der Waals surface area contributed by atoms with Crippen molar-refractivity contribution in [3.63, 3.8) is 0 Å². The van der Waals surface area contributed by atoms with Gasteiger partial charge in [-0.2, -0.15) is 0 Å². The molecule has 0 N–H and O–H groups in total. The van der Waals surface area contributed by atoms with Gasteiger partial charge < -0.3 is 4.90 Å². The smallest absolute Gasteiger partial charge is 0.193 e. The molecule has 0 amide bonds. The fourth-order valence-corrected chi connectivity index (χ4v) is 3.66. The van der Waals surface area contributed by atoms with Crippen LogP contribution in [0, 0.1) is 0 Å². The molecule has 0 fully saturated rings. The van der Waals surface area contributed by atoms with Gasteiger partial charge in [0.05, 0.1) is 12.2 Å². The number of nitrogens with zero attached hydrogens (tertiary/aromatic N) is 2. The maximum absolute atomic E-state index is 12.4. The van der Waals surface area contributed by atoms with Gasteiger partial charge >= 0.3 is 0 Å². The summed E-state index contributed by atoms with van der Waals surface area (Å²) in [6.07, 6.45) is 0. The monoisotopic (exact) mass is 306 g/mol. The van der Waals surface area contributed by atoms with Crippen LogP contribution in [0.15, 0.2) is 65.0 Å². The highest BCUT2D eigenvalue weighted by Gasteiger charge is 2.27. The Hall–Kier alpha value is -2.33. The quantitative estimate of drug-likeness (QED) is 0.812. The van der Waals surface area contributed by atoms with E-state index in [0.29, 0.717) is 0 Å². The summed E-state index contributed by atoms with van der Waals surface area (Å²) in [7, 11) is 0. The Labute approximate surface area is 133 Å². The molecular formula is C18H14N2OS. The van der Waals surface area contributed by atoms with E-state index >= 15 is 0 Å². The Balaban J connectivity index is 1.59. The zero-order chi connectivity index (χ0) is 14.9. The summed E-state index contributed by atoms with van der Waals surface area (Å²) in [6.45, 7) is 1.81. The minimum atomic E-state index is 0.0605. The third kappa shape index (κ3) is 2.25. The van der Waals surface area contributed by atoms with Crippen molar-refractivity contribution in [1.29, 1.82) is 0 Å². The fraction of sp³-hybridized carbons (Fsp3) is 0.111. The van der Waals surface area contributed by atoms with Crippen molar-refractivity contribution in [1.82, 2.24) is 4.90 Å². The summed E-state index contributed by atoms with van der Waals surface area (Å²) in [5.41, 5.74) is 3.75. The second-order valence-electron chi connectivity index (χ2n) is 5.21. The molecule has 2 aromatic rings. The van der Waals surface area contributed by atoms with Gasteiger partial charge in [-0.15, -0.1) is 0 Å². The van der Waals surface area contributed by atoms with Crippen molar-refractivity contribution >= 4 is 28.4 Å². The first-order chi connectivity index (χ1) is 10.8. The summed E-state index contributed by atoms with van der Waals surface area (Å²) in [4.78, 5) is 19.1. The molecule has 0 bridgehead atoms. The van der Waals surface area contributed by atoms with Crippen LogP contribution in [0.2, 0.25) is 0 Å². The summed E-state index contributed by atoms with van der Waals surface area (Å²) < 4.78 is 0. The number of aliphatic imine (C=N–C) groups is 1. The van der Waals surface area contributed by atoms with E-state index < -0.39 is 0 Å². The molecule has 2 aliphatic rings. The topological polar surface area (TPSA) is 32.7 Å². The normalized spacial score (nSPS) is 16.3. The van der Waals surface area contributed by atoms with E-state index in [-0.39, 0.29) is 5.78 Å². The van der Waals surface area contributed by atoms with Crippen molar-refractivity contribution in [3.8, 4) is 0 Å². The highest BCUT2D eigenvalue weighted by atomic mass is 32.2. The van der Waals surface area contributed by atoms with E-state index in [1.54, 1.807) is 11.8 Å². The number of hydrogen-bond donors (Lipinski definition) is 0. The van der Waals surface area contributed by atoms with Gasteiger partial charge in [0.25, 0.3) is 0 Å². The Kier molecular flexibility index (Phi) is 3.31. The Morgan fingerprint density at radius 3 is 2.50 bits per heavy atom. The molecule has 0 radical (unpaired) electrons. The van der Waals surface area contributed by atoms with Crippen LogP contribution in [0.25, 0.3) is 5.70 Å². The van der Waals surface area contributed by atoms with Crippen LogP contribution in [-0.2, 0) is 0 Å². The predicted octanol–water partition coefficient (Wildman–Crippen LogP) is 3.63. The lowest BCUT2D eigenvalue weighted by Crippen LogP contribution is -2.19. The van der Waals surface area contributed by atoms with Crippen molar-refractivity contribution in [3.05, 3.63) is 76.7 Å². The van der Waals surface area contributed by atoms with Crippen LogP contribution in [0.5, 0.6) is 0 Å². The Bertz CT molecular complexity index is 778.